The van der Waals surface area contributed by atoms with Crippen molar-refractivity contribution in [3.8, 4) is 0 Å². The van der Waals surface area contributed by atoms with E-state index in [1.165, 1.54) is 374 Å². The summed E-state index contributed by atoms with van der Waals surface area (Å²) < 4.78 is 18.5. The van der Waals surface area contributed by atoms with E-state index in [-0.39, 0.29) is 0 Å². The van der Waals surface area contributed by atoms with Crippen LogP contribution in [0.15, 0.2) is 42.5 Å². The third kappa shape index (κ3) is 32.8. The third-order valence-electron chi connectivity index (χ3n) is 19.2. The zero-order valence-corrected chi connectivity index (χ0v) is 58.0. The first-order valence-corrected chi connectivity index (χ1v) is 43.4. The average Bonchev–Trinajstić information content (AvgIpc) is 3.59. The van der Waals surface area contributed by atoms with Gasteiger partial charge >= 0.3 is 502 Å². The summed E-state index contributed by atoms with van der Waals surface area (Å²) in [5, 5.41) is 4.28. The summed E-state index contributed by atoms with van der Waals surface area (Å²) in [5.74, 6) is 0. The Morgan fingerprint density at radius 2 is 0.443 bits per heavy atom. The molecule has 2 nitrogen and oxygen atoms in total. The van der Waals surface area contributed by atoms with Crippen LogP contribution in [0, 0.1) is 0 Å². The summed E-state index contributed by atoms with van der Waals surface area (Å²) >= 11 is 0. The molecule has 0 aromatic heterocycles. The van der Waals surface area contributed by atoms with Gasteiger partial charge in [-0.1, -0.05) is 0 Å². The van der Waals surface area contributed by atoms with Gasteiger partial charge in [-0.2, -0.15) is 0 Å². The fourth-order valence-electron chi connectivity index (χ4n) is 13.9. The van der Waals surface area contributed by atoms with Crippen LogP contribution in [0.1, 0.15) is 364 Å². The van der Waals surface area contributed by atoms with E-state index in [9.17, 15) is 8.62 Å². The first-order chi connectivity index (χ1) is 38.8. The zero-order valence-electron chi connectivity index (χ0n) is 55.3. The van der Waals surface area contributed by atoms with Crippen LogP contribution in [0.5, 0.6) is 0 Å². The van der Waals surface area contributed by atoms with Crippen molar-refractivity contribution in [3.05, 3.63) is 42.5 Å². The molecule has 0 spiro atoms. The SMILES string of the molecule is CCCCCCCCP(CCCCCCCC)(CCCCCCCC)(CCCCCCCC)OP(OP(CCCCCCCC)(CCCCCCCC)(CCCCCCCC)CCCCCCCC)c1cccc2ccccc12. The third-order valence-corrected chi connectivity index (χ3v) is 36.4. The van der Waals surface area contributed by atoms with E-state index in [2.05, 4.69) is 97.9 Å². The molecule has 0 heterocycles. The number of rotatable bonds is 61. The normalized spacial score (nSPS) is 13.7. The summed E-state index contributed by atoms with van der Waals surface area (Å²) in [4.78, 5) is 0. The van der Waals surface area contributed by atoms with Gasteiger partial charge in [0.15, 0.2) is 0 Å². The van der Waals surface area contributed by atoms with Crippen molar-refractivity contribution in [2.75, 3.05) is 49.3 Å². The van der Waals surface area contributed by atoms with Gasteiger partial charge in [-0.3, -0.25) is 0 Å². The van der Waals surface area contributed by atoms with E-state index in [0.29, 0.717) is 0 Å². The molecule has 0 aliphatic heterocycles. The van der Waals surface area contributed by atoms with E-state index >= 15 is 0 Å². The quantitative estimate of drug-likeness (QED) is 0.0485. The number of hydrogen-bond donors (Lipinski definition) is 0. The second-order valence-electron chi connectivity index (χ2n) is 26.6. The molecule has 0 saturated carbocycles. The molecule has 0 radical (unpaired) electrons. The van der Waals surface area contributed by atoms with Crippen molar-refractivity contribution in [1.82, 2.24) is 0 Å². The molecule has 79 heavy (non-hydrogen) atoms. The number of benzene rings is 2. The number of hydrogen-bond acceptors (Lipinski definition) is 2. The van der Waals surface area contributed by atoms with Crippen LogP contribution in [0.25, 0.3) is 10.8 Å². The number of unbranched alkanes of at least 4 members (excludes halogenated alkanes) is 40. The van der Waals surface area contributed by atoms with Crippen LogP contribution < -0.4 is 5.30 Å². The van der Waals surface area contributed by atoms with Gasteiger partial charge in [0.1, 0.15) is 0 Å². The monoisotopic (exact) mass is 1160 g/mol. The van der Waals surface area contributed by atoms with Crippen molar-refractivity contribution in [3.63, 3.8) is 0 Å². The Balaban J connectivity index is 3.21. The van der Waals surface area contributed by atoms with Crippen molar-refractivity contribution >= 4 is 38.1 Å². The minimum absolute atomic E-state index is 1.32. The first-order valence-electron chi connectivity index (χ1n) is 36.5. The molecule has 0 aliphatic rings. The minimum atomic E-state index is -2.91. The van der Waals surface area contributed by atoms with Crippen LogP contribution in [0.2, 0.25) is 0 Å². The van der Waals surface area contributed by atoms with Crippen LogP contribution >= 0.6 is 22.0 Å². The molecule has 0 bridgehead atoms. The summed E-state index contributed by atoms with van der Waals surface area (Å²) in [6.45, 7) is 13.3. The zero-order chi connectivity index (χ0) is 57.2. The van der Waals surface area contributed by atoms with Crippen LogP contribution in [0.3, 0.4) is 0 Å². The Bertz CT molecular complexity index is 1410. The fraction of sp³-hybridized carbons (Fsp3) is 0.865. The van der Waals surface area contributed by atoms with Gasteiger partial charge in [-0.05, 0) is 0 Å². The van der Waals surface area contributed by atoms with Crippen molar-refractivity contribution < 1.29 is 8.62 Å². The molecule has 466 valence electrons. The Morgan fingerprint density at radius 1 is 0.241 bits per heavy atom. The predicted octanol–water partition coefficient (Wildman–Crippen LogP) is 27.6. The molecule has 0 amide bonds. The Morgan fingerprint density at radius 3 is 0.684 bits per heavy atom. The van der Waals surface area contributed by atoms with Gasteiger partial charge in [0, 0.05) is 0 Å². The van der Waals surface area contributed by atoms with Crippen molar-refractivity contribution in [2.24, 2.45) is 0 Å². The maximum absolute atomic E-state index is 9.26. The van der Waals surface area contributed by atoms with Crippen molar-refractivity contribution in [2.45, 2.75) is 364 Å². The Kier molecular flexibility index (Phi) is 46.6. The van der Waals surface area contributed by atoms with E-state index in [1.54, 1.807) is 0 Å². The molecular formula is C74H143O2P3. The summed E-state index contributed by atoms with van der Waals surface area (Å²) in [5.41, 5.74) is 0. The Hall–Kier alpha value is -0.0900. The van der Waals surface area contributed by atoms with E-state index in [0.717, 1.165) is 0 Å². The predicted molar refractivity (Wildman–Crippen MR) is 372 cm³/mol. The second-order valence-corrected chi connectivity index (χ2v) is 39.9. The molecular weight excluding hydrogens is 1010 g/mol. The van der Waals surface area contributed by atoms with Gasteiger partial charge in [0.25, 0.3) is 0 Å². The number of fused-ring (bicyclic) bond motifs is 1. The second kappa shape index (κ2) is 49.1. The molecule has 2 aromatic carbocycles. The van der Waals surface area contributed by atoms with Gasteiger partial charge in [-0.15, -0.1) is 0 Å². The summed E-state index contributed by atoms with van der Waals surface area (Å²) in [7, 11) is -1.35. The van der Waals surface area contributed by atoms with E-state index < -0.39 is 22.0 Å². The fourth-order valence-corrected chi connectivity index (χ4v) is 32.4. The standard InChI is InChI=1S/C74H143O2P3/c1-9-17-25-33-41-51-64-78(65-52-42-34-26-18-10-2,66-53-43-35-27-19-11-3,67-54-44-36-28-20-12-4)75-77(74-63-59-61-72-60-49-50-62-73(72)74)76-79(68-55-45-37-29-21-13-5,69-56-46-38-30-22-14-6,70-57-47-39-31-23-15-7)71-58-48-40-32-24-16-8/h49-50,59-63H,9-48,51-58,64-71H2,1-8H3. The average molecular weight is 1160 g/mol. The molecule has 2 rings (SSSR count). The molecule has 0 saturated heterocycles. The van der Waals surface area contributed by atoms with Crippen molar-refractivity contribution in [1.29, 1.82) is 0 Å². The van der Waals surface area contributed by atoms with E-state index in [1.807, 2.05) is 0 Å². The van der Waals surface area contributed by atoms with Gasteiger partial charge in [-0.25, -0.2) is 0 Å². The molecule has 0 aliphatic carbocycles. The molecule has 2 aromatic rings. The maximum atomic E-state index is 9.26. The van der Waals surface area contributed by atoms with Gasteiger partial charge < -0.3 is 0 Å². The van der Waals surface area contributed by atoms with Gasteiger partial charge in [0.05, 0.1) is 0 Å². The van der Waals surface area contributed by atoms with Crippen LogP contribution in [-0.2, 0) is 8.62 Å². The molecule has 0 atom stereocenters. The molecule has 0 fully saturated rings. The molecule has 0 unspecified atom stereocenters. The van der Waals surface area contributed by atoms with Gasteiger partial charge in [0.2, 0.25) is 0 Å². The summed E-state index contributed by atoms with van der Waals surface area (Å²) in [6, 6.07) is 16.9. The topological polar surface area (TPSA) is 18.5 Å². The first kappa shape index (κ1) is 75.0. The molecule has 5 heteroatoms. The van der Waals surface area contributed by atoms with Crippen LogP contribution in [-0.4, -0.2) is 49.3 Å². The van der Waals surface area contributed by atoms with E-state index in [4.69, 9.17) is 0 Å². The Labute approximate surface area is 499 Å². The molecule has 0 N–H and O–H groups in total. The summed E-state index contributed by atoms with van der Waals surface area (Å²) in [6.07, 6.45) is 76.7. The van der Waals surface area contributed by atoms with Crippen LogP contribution in [0.4, 0.5) is 0 Å².